The van der Waals surface area contributed by atoms with Crippen LogP contribution in [0, 0.1) is 5.82 Å². The van der Waals surface area contributed by atoms with Crippen LogP contribution in [0.2, 0.25) is 5.02 Å². The minimum Gasteiger partial charge on any atom is -0.491 e. The normalized spacial score (nSPS) is 15.9. The predicted octanol–water partition coefficient (Wildman–Crippen LogP) is 5.99. The number of thiophene rings is 1. The maximum atomic E-state index is 14.4. The monoisotopic (exact) mass is 514 g/mol. The van der Waals surface area contributed by atoms with E-state index in [2.05, 4.69) is 0 Å². The molecule has 2 heterocycles. The Balaban J connectivity index is 1.55. The molecule has 35 heavy (non-hydrogen) atoms. The molecule has 0 spiro atoms. The van der Waals surface area contributed by atoms with Gasteiger partial charge in [0.15, 0.2) is 0 Å². The quantitative estimate of drug-likeness (QED) is 0.371. The Morgan fingerprint density at radius 3 is 2.66 bits per heavy atom. The molecular formula is C27H28ClFN2O3S. The number of hydrogen-bond donors (Lipinski definition) is 0. The second-order valence-electron chi connectivity index (χ2n) is 8.59. The summed E-state index contributed by atoms with van der Waals surface area (Å²) >= 11 is 7.66. The molecule has 3 aromatic rings. The van der Waals surface area contributed by atoms with Gasteiger partial charge in [-0.25, -0.2) is 4.39 Å². The van der Waals surface area contributed by atoms with Crippen molar-refractivity contribution in [2.45, 2.75) is 38.8 Å². The number of halogens is 2. The maximum Gasteiger partial charge on any atom is 0.257 e. The van der Waals surface area contributed by atoms with Crippen LogP contribution >= 0.6 is 22.9 Å². The molecule has 1 aliphatic rings. The van der Waals surface area contributed by atoms with Crippen LogP contribution < -0.4 is 4.74 Å². The summed E-state index contributed by atoms with van der Waals surface area (Å²) in [5.74, 6) is -0.585. The fourth-order valence-corrected chi connectivity index (χ4v) is 5.31. The number of amides is 2. The molecule has 0 saturated heterocycles. The maximum absolute atomic E-state index is 14.4. The zero-order valence-electron chi connectivity index (χ0n) is 19.7. The highest BCUT2D eigenvalue weighted by molar-refractivity contribution is 7.10. The van der Waals surface area contributed by atoms with Gasteiger partial charge < -0.3 is 14.5 Å². The smallest absolute Gasteiger partial charge is 0.257 e. The topological polar surface area (TPSA) is 49.9 Å². The second kappa shape index (κ2) is 11.2. The molecule has 2 amide bonds. The van der Waals surface area contributed by atoms with Gasteiger partial charge in [0.1, 0.15) is 24.7 Å². The predicted molar refractivity (Wildman–Crippen MR) is 137 cm³/mol. The molecule has 1 aromatic heterocycles. The van der Waals surface area contributed by atoms with Crippen molar-refractivity contribution in [3.05, 3.63) is 86.8 Å². The standard InChI is InChI=1S/C27H28ClFN2O3S/c1-3-18(2)31(27(33)21-6-4-5-7-23(21)29)16-26(32)30-14-12-25-22(13-15-35-25)24(30)17-34-20-10-8-19(28)9-11-20/h4-11,13,15,18,24H,3,12,14,16-17H2,1-2H3. The first-order valence-electron chi connectivity index (χ1n) is 11.7. The Labute approximate surface area is 214 Å². The van der Waals surface area contributed by atoms with Crippen LogP contribution in [-0.4, -0.2) is 47.4 Å². The van der Waals surface area contributed by atoms with E-state index in [1.807, 2.05) is 25.3 Å². The number of hydrogen-bond acceptors (Lipinski definition) is 4. The Hall–Kier alpha value is -2.90. The molecule has 0 N–H and O–H groups in total. The fraction of sp³-hybridized carbons (Fsp3) is 0.333. The lowest BCUT2D eigenvalue weighted by atomic mass is 10.00. The van der Waals surface area contributed by atoms with E-state index in [1.54, 1.807) is 52.6 Å². The van der Waals surface area contributed by atoms with Gasteiger partial charge in [0.05, 0.1) is 11.6 Å². The zero-order chi connectivity index (χ0) is 24.9. The molecular weight excluding hydrogens is 487 g/mol. The third kappa shape index (κ3) is 5.68. The number of benzene rings is 2. The van der Waals surface area contributed by atoms with E-state index >= 15 is 0 Å². The number of rotatable bonds is 8. The van der Waals surface area contributed by atoms with Gasteiger partial charge in [0, 0.05) is 22.5 Å². The van der Waals surface area contributed by atoms with Gasteiger partial charge in [0.2, 0.25) is 5.91 Å². The summed E-state index contributed by atoms with van der Waals surface area (Å²) in [6, 6.07) is 14.5. The van der Waals surface area contributed by atoms with Gasteiger partial charge >= 0.3 is 0 Å². The highest BCUT2D eigenvalue weighted by atomic mass is 35.5. The minimum atomic E-state index is -0.589. The number of nitrogens with zero attached hydrogens (tertiary/aromatic N) is 2. The first kappa shape index (κ1) is 25.2. The van der Waals surface area contributed by atoms with E-state index in [-0.39, 0.29) is 36.7 Å². The molecule has 2 atom stereocenters. The summed E-state index contributed by atoms with van der Waals surface area (Å²) in [5, 5.41) is 2.65. The molecule has 184 valence electrons. The van der Waals surface area contributed by atoms with E-state index in [0.717, 1.165) is 12.0 Å². The van der Waals surface area contributed by atoms with E-state index in [9.17, 15) is 14.0 Å². The summed E-state index contributed by atoms with van der Waals surface area (Å²) in [4.78, 5) is 31.4. The lowest BCUT2D eigenvalue weighted by Crippen LogP contribution is -2.50. The van der Waals surface area contributed by atoms with Gasteiger partial charge in [-0.2, -0.15) is 0 Å². The van der Waals surface area contributed by atoms with Crippen LogP contribution in [0.25, 0.3) is 0 Å². The molecule has 2 aromatic carbocycles. The third-order valence-corrected chi connectivity index (χ3v) is 7.68. The van der Waals surface area contributed by atoms with Crippen molar-refractivity contribution in [2.24, 2.45) is 0 Å². The molecule has 4 rings (SSSR count). The van der Waals surface area contributed by atoms with E-state index in [0.29, 0.717) is 23.7 Å². The molecule has 0 radical (unpaired) electrons. The minimum absolute atomic E-state index is 0.0259. The van der Waals surface area contributed by atoms with Crippen molar-refractivity contribution >= 4 is 34.8 Å². The summed E-state index contributed by atoms with van der Waals surface area (Å²) in [6.07, 6.45) is 1.39. The second-order valence-corrected chi connectivity index (χ2v) is 10.0. The van der Waals surface area contributed by atoms with Crippen molar-refractivity contribution in [3.8, 4) is 5.75 Å². The van der Waals surface area contributed by atoms with Crippen molar-refractivity contribution in [2.75, 3.05) is 19.7 Å². The number of fused-ring (bicyclic) bond motifs is 1. The molecule has 0 bridgehead atoms. The number of carbonyl (C=O) groups is 2. The van der Waals surface area contributed by atoms with Gasteiger partial charge in [-0.15, -0.1) is 11.3 Å². The van der Waals surface area contributed by atoms with E-state index < -0.39 is 11.7 Å². The summed E-state index contributed by atoms with van der Waals surface area (Å²) in [5.41, 5.74) is 1.04. The highest BCUT2D eigenvalue weighted by Gasteiger charge is 2.34. The third-order valence-electron chi connectivity index (χ3n) is 6.43. The van der Waals surface area contributed by atoms with Crippen LogP contribution in [0.5, 0.6) is 5.75 Å². The van der Waals surface area contributed by atoms with E-state index in [1.165, 1.54) is 21.9 Å². The van der Waals surface area contributed by atoms with Crippen molar-refractivity contribution < 1.29 is 18.7 Å². The molecule has 8 heteroatoms. The number of carbonyl (C=O) groups excluding carboxylic acids is 2. The van der Waals surface area contributed by atoms with Crippen molar-refractivity contribution in [3.63, 3.8) is 0 Å². The lowest BCUT2D eigenvalue weighted by Gasteiger charge is -2.38. The fourth-order valence-electron chi connectivity index (χ4n) is 4.25. The van der Waals surface area contributed by atoms with Crippen molar-refractivity contribution in [1.82, 2.24) is 9.80 Å². The summed E-state index contributed by atoms with van der Waals surface area (Å²) in [6.45, 7) is 4.50. The first-order chi connectivity index (χ1) is 16.9. The molecule has 2 unspecified atom stereocenters. The summed E-state index contributed by atoms with van der Waals surface area (Å²) < 4.78 is 20.4. The van der Waals surface area contributed by atoms with Crippen LogP contribution in [-0.2, 0) is 11.2 Å². The van der Waals surface area contributed by atoms with E-state index in [4.69, 9.17) is 16.3 Å². The Morgan fingerprint density at radius 1 is 1.20 bits per heavy atom. The first-order valence-corrected chi connectivity index (χ1v) is 12.9. The average molecular weight is 515 g/mol. The SMILES string of the molecule is CCC(C)N(CC(=O)N1CCc2sccc2C1COc1ccc(Cl)cc1)C(=O)c1ccccc1F. The largest absolute Gasteiger partial charge is 0.491 e. The average Bonchev–Trinajstić information content (AvgIpc) is 3.35. The molecule has 0 fully saturated rings. The van der Waals surface area contributed by atoms with Crippen LogP contribution in [0.15, 0.2) is 60.0 Å². The zero-order valence-corrected chi connectivity index (χ0v) is 21.3. The Bertz CT molecular complexity index is 1180. The van der Waals surface area contributed by atoms with Crippen LogP contribution in [0.4, 0.5) is 4.39 Å². The highest BCUT2D eigenvalue weighted by Crippen LogP contribution is 2.34. The van der Waals surface area contributed by atoms with Gasteiger partial charge in [-0.3, -0.25) is 9.59 Å². The van der Waals surface area contributed by atoms with Gasteiger partial charge in [-0.05, 0) is 73.2 Å². The summed E-state index contributed by atoms with van der Waals surface area (Å²) in [7, 11) is 0. The molecule has 0 aliphatic carbocycles. The Morgan fingerprint density at radius 2 is 1.94 bits per heavy atom. The van der Waals surface area contributed by atoms with Crippen LogP contribution in [0.3, 0.4) is 0 Å². The van der Waals surface area contributed by atoms with Crippen molar-refractivity contribution in [1.29, 1.82) is 0 Å². The number of ether oxygens (including phenoxy) is 1. The Kier molecular flexibility index (Phi) is 8.08. The lowest BCUT2D eigenvalue weighted by molar-refractivity contribution is -0.136. The molecule has 5 nitrogen and oxygen atoms in total. The van der Waals surface area contributed by atoms with Gasteiger partial charge in [0.25, 0.3) is 5.91 Å². The molecule has 0 saturated carbocycles. The van der Waals surface area contributed by atoms with Crippen LogP contribution in [0.1, 0.15) is 47.1 Å². The molecule has 1 aliphatic heterocycles. The van der Waals surface area contributed by atoms with Gasteiger partial charge in [-0.1, -0.05) is 30.7 Å².